The van der Waals surface area contributed by atoms with Crippen LogP contribution in [0.25, 0.3) is 0 Å². The van der Waals surface area contributed by atoms with Gasteiger partial charge in [-0.05, 0) is 6.92 Å². The van der Waals surface area contributed by atoms with Gasteiger partial charge >= 0.3 is 0 Å². The minimum Gasteiger partial charge on any atom is -0.328 e. The van der Waals surface area contributed by atoms with Gasteiger partial charge < -0.3 is 5.73 Å². The minimum atomic E-state index is -0.942. The highest BCUT2D eigenvalue weighted by Crippen LogP contribution is 1.91. The van der Waals surface area contributed by atoms with Gasteiger partial charge in [-0.1, -0.05) is 0 Å². The average molecular weight is 115 g/mol. The van der Waals surface area contributed by atoms with Crippen LogP contribution in [0, 0.1) is 11.8 Å². The summed E-state index contributed by atoms with van der Waals surface area (Å²) < 4.78 is 12.1. The van der Waals surface area contributed by atoms with Gasteiger partial charge in [-0.15, -0.1) is 11.8 Å². The Kier molecular flexibility index (Phi) is 4.29. The van der Waals surface area contributed by atoms with Crippen molar-refractivity contribution in [1.29, 1.82) is 0 Å². The molecule has 46 valence electrons. The van der Waals surface area contributed by atoms with Gasteiger partial charge in [0.2, 0.25) is 0 Å². The molecule has 0 amide bonds. The van der Waals surface area contributed by atoms with Crippen molar-refractivity contribution < 1.29 is 4.39 Å². The highest BCUT2D eigenvalue weighted by Gasteiger charge is 1.97. The molecule has 0 aromatic heterocycles. The summed E-state index contributed by atoms with van der Waals surface area (Å²) in [4.78, 5) is 0. The summed E-state index contributed by atoms with van der Waals surface area (Å²) in [5, 5.41) is 0. The molecule has 2 N–H and O–H groups in total. The van der Waals surface area contributed by atoms with Gasteiger partial charge in [0, 0.05) is 13.0 Å². The lowest BCUT2D eigenvalue weighted by molar-refractivity contribution is 0.349. The first-order valence-corrected chi connectivity index (χ1v) is 2.55. The third-order valence-corrected chi connectivity index (χ3v) is 0.756. The van der Waals surface area contributed by atoms with Crippen LogP contribution in [0.4, 0.5) is 4.39 Å². The Morgan fingerprint density at radius 1 is 1.75 bits per heavy atom. The molecule has 0 aliphatic heterocycles. The summed E-state index contributed by atoms with van der Waals surface area (Å²) in [6.07, 6.45) is -0.671. The van der Waals surface area contributed by atoms with E-state index in [4.69, 9.17) is 5.73 Å². The van der Waals surface area contributed by atoms with Crippen LogP contribution < -0.4 is 5.73 Å². The standard InChI is InChI=1S/C6H10FN/c1-2-3-4-6(7)5-8/h6H,4-5,8H2,1H3/t6-/m0/s1. The molecule has 0 spiro atoms. The molecule has 2 heteroatoms. The van der Waals surface area contributed by atoms with E-state index in [-0.39, 0.29) is 13.0 Å². The summed E-state index contributed by atoms with van der Waals surface area (Å²) in [6, 6.07) is 0. The lowest BCUT2D eigenvalue weighted by Crippen LogP contribution is -2.13. The van der Waals surface area contributed by atoms with Crippen molar-refractivity contribution in [2.45, 2.75) is 19.5 Å². The second kappa shape index (κ2) is 4.61. The molecule has 0 aliphatic carbocycles. The number of alkyl halides is 1. The van der Waals surface area contributed by atoms with Crippen LogP contribution >= 0.6 is 0 Å². The summed E-state index contributed by atoms with van der Waals surface area (Å²) >= 11 is 0. The molecule has 0 aromatic carbocycles. The van der Waals surface area contributed by atoms with Crippen molar-refractivity contribution in [3.05, 3.63) is 0 Å². The highest BCUT2D eigenvalue weighted by atomic mass is 19.1. The highest BCUT2D eigenvalue weighted by molar-refractivity contribution is 4.96. The van der Waals surface area contributed by atoms with Crippen LogP contribution in [0.3, 0.4) is 0 Å². The summed E-state index contributed by atoms with van der Waals surface area (Å²) in [5.74, 6) is 5.18. The summed E-state index contributed by atoms with van der Waals surface area (Å²) in [6.45, 7) is 1.76. The maximum absolute atomic E-state index is 12.1. The third kappa shape index (κ3) is 3.63. The normalized spacial score (nSPS) is 11.9. The lowest BCUT2D eigenvalue weighted by Gasteiger charge is -1.94. The molecule has 0 rings (SSSR count). The van der Waals surface area contributed by atoms with E-state index < -0.39 is 6.17 Å². The van der Waals surface area contributed by atoms with Crippen LogP contribution in [0.15, 0.2) is 0 Å². The zero-order valence-corrected chi connectivity index (χ0v) is 4.95. The zero-order chi connectivity index (χ0) is 6.41. The van der Waals surface area contributed by atoms with E-state index in [1.54, 1.807) is 6.92 Å². The van der Waals surface area contributed by atoms with Crippen molar-refractivity contribution in [2.24, 2.45) is 5.73 Å². The smallest absolute Gasteiger partial charge is 0.123 e. The molecule has 0 aromatic rings. The van der Waals surface area contributed by atoms with Gasteiger partial charge in [0.15, 0.2) is 0 Å². The van der Waals surface area contributed by atoms with Gasteiger partial charge in [-0.25, -0.2) is 4.39 Å². The largest absolute Gasteiger partial charge is 0.328 e. The van der Waals surface area contributed by atoms with Gasteiger partial charge in [0.25, 0.3) is 0 Å². The Morgan fingerprint density at radius 2 is 2.38 bits per heavy atom. The fourth-order valence-electron chi connectivity index (χ4n) is 0.296. The molecule has 0 unspecified atom stereocenters. The first-order valence-electron chi connectivity index (χ1n) is 2.55. The van der Waals surface area contributed by atoms with Gasteiger partial charge in [0.1, 0.15) is 6.17 Å². The Balaban J connectivity index is 3.19. The van der Waals surface area contributed by atoms with E-state index >= 15 is 0 Å². The second-order valence-electron chi connectivity index (χ2n) is 1.46. The molecular formula is C6H10FN. The van der Waals surface area contributed by atoms with E-state index in [1.165, 1.54) is 0 Å². The molecule has 0 bridgehead atoms. The summed E-state index contributed by atoms with van der Waals surface area (Å²) in [7, 11) is 0. The molecule has 0 radical (unpaired) electrons. The van der Waals surface area contributed by atoms with Crippen LogP contribution in [0.2, 0.25) is 0 Å². The van der Waals surface area contributed by atoms with Crippen molar-refractivity contribution >= 4 is 0 Å². The maximum atomic E-state index is 12.1. The number of hydrogen-bond acceptors (Lipinski definition) is 1. The van der Waals surface area contributed by atoms with Crippen LogP contribution in [-0.2, 0) is 0 Å². The maximum Gasteiger partial charge on any atom is 0.123 e. The second-order valence-corrected chi connectivity index (χ2v) is 1.46. The number of nitrogens with two attached hydrogens (primary N) is 1. The molecule has 0 saturated heterocycles. The minimum absolute atomic E-state index is 0.0781. The molecular weight excluding hydrogens is 105 g/mol. The molecule has 0 aliphatic rings. The predicted octanol–water partition coefficient (Wildman–Crippen LogP) is 0.697. The quantitative estimate of drug-likeness (QED) is 0.526. The predicted molar refractivity (Wildman–Crippen MR) is 32.0 cm³/mol. The third-order valence-electron chi connectivity index (χ3n) is 0.756. The average Bonchev–Trinajstić information content (AvgIpc) is 1.83. The number of hydrogen-bond donors (Lipinski definition) is 1. The summed E-state index contributed by atoms with van der Waals surface area (Å²) in [5.41, 5.74) is 4.97. The van der Waals surface area contributed by atoms with Gasteiger partial charge in [-0.3, -0.25) is 0 Å². The van der Waals surface area contributed by atoms with Crippen molar-refractivity contribution in [3.63, 3.8) is 0 Å². The Labute approximate surface area is 49.1 Å². The first kappa shape index (κ1) is 7.45. The number of rotatable bonds is 2. The Bertz CT molecular complexity index is 101. The van der Waals surface area contributed by atoms with Crippen LogP contribution in [0.1, 0.15) is 13.3 Å². The van der Waals surface area contributed by atoms with E-state index in [0.717, 1.165) is 0 Å². The van der Waals surface area contributed by atoms with Crippen molar-refractivity contribution in [2.75, 3.05) is 6.54 Å². The van der Waals surface area contributed by atoms with Crippen LogP contribution in [-0.4, -0.2) is 12.7 Å². The molecule has 1 atom stereocenters. The monoisotopic (exact) mass is 115 g/mol. The molecule has 8 heavy (non-hydrogen) atoms. The lowest BCUT2D eigenvalue weighted by atomic mass is 10.3. The molecule has 0 fully saturated rings. The Morgan fingerprint density at radius 3 is 2.75 bits per heavy atom. The van der Waals surface area contributed by atoms with Crippen LogP contribution in [0.5, 0.6) is 0 Å². The Hall–Kier alpha value is -0.550. The molecule has 1 nitrogen and oxygen atoms in total. The fraction of sp³-hybridized carbons (Fsp3) is 0.667. The fourth-order valence-corrected chi connectivity index (χ4v) is 0.296. The van der Waals surface area contributed by atoms with E-state index in [9.17, 15) is 4.39 Å². The SMILES string of the molecule is CC#CC[C@H](F)CN. The van der Waals surface area contributed by atoms with Gasteiger partial charge in [-0.2, -0.15) is 0 Å². The van der Waals surface area contributed by atoms with Gasteiger partial charge in [0.05, 0.1) is 0 Å². The zero-order valence-electron chi connectivity index (χ0n) is 4.95. The topological polar surface area (TPSA) is 26.0 Å². The van der Waals surface area contributed by atoms with E-state index in [1.807, 2.05) is 0 Å². The first-order chi connectivity index (χ1) is 3.81. The molecule has 0 saturated carbocycles. The van der Waals surface area contributed by atoms with E-state index in [0.29, 0.717) is 0 Å². The molecule has 0 heterocycles. The van der Waals surface area contributed by atoms with Crippen molar-refractivity contribution in [3.8, 4) is 11.8 Å². The van der Waals surface area contributed by atoms with Crippen molar-refractivity contribution in [1.82, 2.24) is 0 Å². The van der Waals surface area contributed by atoms with E-state index in [2.05, 4.69) is 11.8 Å². The number of halogens is 1.